The molecule has 8 nitrogen and oxygen atoms in total. The quantitative estimate of drug-likeness (QED) is 0.656. The van der Waals surface area contributed by atoms with Crippen LogP contribution < -0.4 is 5.32 Å². The van der Waals surface area contributed by atoms with Gasteiger partial charge in [0, 0.05) is 38.3 Å². The topological polar surface area (TPSA) is 85.4 Å². The van der Waals surface area contributed by atoms with Gasteiger partial charge in [-0.3, -0.25) is 14.4 Å². The lowest BCUT2D eigenvalue weighted by atomic mass is 10.1. The number of ether oxygens (including phenoxy) is 1. The lowest BCUT2D eigenvalue weighted by molar-refractivity contribution is 0.0117. The van der Waals surface area contributed by atoms with E-state index in [1.807, 2.05) is 39.1 Å². The first-order valence-corrected chi connectivity index (χ1v) is 11.0. The number of pyridine rings is 1. The van der Waals surface area contributed by atoms with Gasteiger partial charge in [-0.15, -0.1) is 0 Å². The van der Waals surface area contributed by atoms with Gasteiger partial charge in [0.25, 0.3) is 5.91 Å². The minimum atomic E-state index is -0.0908. The number of morpholine rings is 1. The van der Waals surface area contributed by atoms with E-state index in [-0.39, 0.29) is 11.9 Å². The molecule has 0 aromatic carbocycles. The largest absolute Gasteiger partial charge is 0.465 e. The molecule has 5 rings (SSSR count). The van der Waals surface area contributed by atoms with E-state index in [1.54, 1.807) is 4.68 Å². The van der Waals surface area contributed by atoms with E-state index in [9.17, 15) is 4.79 Å². The standard InChI is InChI=1S/C23H29N5O3/c1-14-4-7-20(31-14)19(28-8-10-30-11-9-28)13-24-23(29)17-12-18(16-5-6-16)25-22-21(17)15(2)26-27(22)3/h4,7,12,16,19H,5-6,8-11,13H2,1-3H3,(H,24,29). The number of nitrogens with one attached hydrogen (secondary N) is 1. The van der Waals surface area contributed by atoms with Crippen LogP contribution in [0.15, 0.2) is 22.6 Å². The van der Waals surface area contributed by atoms with Crippen LogP contribution in [0.3, 0.4) is 0 Å². The Labute approximate surface area is 181 Å². The number of hydrogen-bond acceptors (Lipinski definition) is 6. The highest BCUT2D eigenvalue weighted by molar-refractivity contribution is 6.06. The van der Waals surface area contributed by atoms with Crippen LogP contribution in [0.25, 0.3) is 11.0 Å². The Balaban J connectivity index is 1.42. The number of aryl methyl sites for hydroxylation is 3. The second-order valence-corrected chi connectivity index (χ2v) is 8.60. The lowest BCUT2D eigenvalue weighted by Gasteiger charge is -2.33. The molecule has 3 aromatic heterocycles. The molecule has 1 saturated carbocycles. The van der Waals surface area contributed by atoms with E-state index in [2.05, 4.69) is 15.3 Å². The van der Waals surface area contributed by atoms with Crippen LogP contribution in [0, 0.1) is 13.8 Å². The summed E-state index contributed by atoms with van der Waals surface area (Å²) in [5.74, 6) is 2.11. The van der Waals surface area contributed by atoms with Gasteiger partial charge in [-0.2, -0.15) is 5.10 Å². The second-order valence-electron chi connectivity index (χ2n) is 8.60. The Bertz CT molecular complexity index is 1110. The first kappa shape index (κ1) is 20.2. The first-order valence-electron chi connectivity index (χ1n) is 11.0. The number of carbonyl (C=O) groups excluding carboxylic acids is 1. The molecule has 2 aliphatic rings. The smallest absolute Gasteiger partial charge is 0.252 e. The van der Waals surface area contributed by atoms with Crippen molar-refractivity contribution >= 4 is 16.9 Å². The SMILES string of the molecule is Cc1ccc(C(CNC(=O)c2cc(C3CC3)nc3c2c(C)nn3C)N2CCOCC2)o1. The molecule has 8 heteroatoms. The van der Waals surface area contributed by atoms with Crippen LogP contribution in [0.5, 0.6) is 0 Å². The number of amides is 1. The molecular formula is C23H29N5O3. The van der Waals surface area contributed by atoms with Gasteiger partial charge in [0.05, 0.1) is 35.9 Å². The van der Waals surface area contributed by atoms with Crippen molar-refractivity contribution in [3.05, 3.63) is 46.7 Å². The molecule has 0 spiro atoms. The lowest BCUT2D eigenvalue weighted by Crippen LogP contribution is -2.43. The van der Waals surface area contributed by atoms with E-state index >= 15 is 0 Å². The van der Waals surface area contributed by atoms with Crippen molar-refractivity contribution < 1.29 is 13.9 Å². The van der Waals surface area contributed by atoms with Crippen LogP contribution >= 0.6 is 0 Å². The maximum Gasteiger partial charge on any atom is 0.252 e. The highest BCUT2D eigenvalue weighted by Gasteiger charge is 2.30. The van der Waals surface area contributed by atoms with Gasteiger partial charge in [0.1, 0.15) is 11.5 Å². The molecule has 31 heavy (non-hydrogen) atoms. The Morgan fingerprint density at radius 3 is 2.71 bits per heavy atom. The van der Waals surface area contributed by atoms with Gasteiger partial charge in [-0.05, 0) is 44.9 Å². The van der Waals surface area contributed by atoms with Crippen LogP contribution in [0.4, 0.5) is 0 Å². The van der Waals surface area contributed by atoms with Gasteiger partial charge in [-0.25, -0.2) is 4.98 Å². The highest BCUT2D eigenvalue weighted by atomic mass is 16.5. The van der Waals surface area contributed by atoms with E-state index < -0.39 is 0 Å². The van der Waals surface area contributed by atoms with Crippen molar-refractivity contribution in [2.24, 2.45) is 7.05 Å². The third-order valence-electron chi connectivity index (χ3n) is 6.26. The molecule has 1 N–H and O–H groups in total. The zero-order valence-electron chi connectivity index (χ0n) is 18.4. The van der Waals surface area contributed by atoms with Crippen LogP contribution in [-0.2, 0) is 11.8 Å². The summed E-state index contributed by atoms with van der Waals surface area (Å²) in [7, 11) is 1.88. The molecule has 0 bridgehead atoms. The maximum absolute atomic E-state index is 13.4. The Morgan fingerprint density at radius 2 is 2.03 bits per heavy atom. The van der Waals surface area contributed by atoms with Crippen molar-refractivity contribution in [2.75, 3.05) is 32.8 Å². The minimum Gasteiger partial charge on any atom is -0.465 e. The molecule has 1 saturated heterocycles. The molecule has 4 heterocycles. The summed E-state index contributed by atoms with van der Waals surface area (Å²) in [5, 5.41) is 8.52. The fourth-order valence-electron chi connectivity index (χ4n) is 4.45. The summed E-state index contributed by atoms with van der Waals surface area (Å²) in [4.78, 5) is 20.5. The fourth-order valence-corrected chi connectivity index (χ4v) is 4.45. The number of rotatable bonds is 6. The second kappa shape index (κ2) is 8.09. The predicted molar refractivity (Wildman–Crippen MR) is 116 cm³/mol. The van der Waals surface area contributed by atoms with Gasteiger partial charge in [-0.1, -0.05) is 0 Å². The number of carbonyl (C=O) groups is 1. The highest BCUT2D eigenvalue weighted by Crippen LogP contribution is 2.40. The molecule has 1 atom stereocenters. The van der Waals surface area contributed by atoms with E-state index in [0.717, 1.165) is 59.9 Å². The minimum absolute atomic E-state index is 0.0308. The van der Waals surface area contributed by atoms with E-state index in [4.69, 9.17) is 14.1 Å². The molecule has 1 unspecified atom stereocenters. The number of nitrogens with zero attached hydrogens (tertiary/aromatic N) is 4. The Hall–Kier alpha value is -2.71. The number of hydrogen-bond donors (Lipinski definition) is 1. The Morgan fingerprint density at radius 1 is 1.26 bits per heavy atom. The number of furan rings is 1. The summed E-state index contributed by atoms with van der Waals surface area (Å²) in [6.07, 6.45) is 2.26. The van der Waals surface area contributed by atoms with Crippen molar-refractivity contribution in [1.29, 1.82) is 0 Å². The summed E-state index contributed by atoms with van der Waals surface area (Å²) >= 11 is 0. The zero-order valence-corrected chi connectivity index (χ0v) is 18.4. The Kier molecular flexibility index (Phi) is 5.27. The van der Waals surface area contributed by atoms with Crippen LogP contribution in [0.1, 0.15) is 58.1 Å². The third-order valence-corrected chi connectivity index (χ3v) is 6.26. The molecule has 1 aliphatic carbocycles. The van der Waals surface area contributed by atoms with Crippen LogP contribution in [-0.4, -0.2) is 58.4 Å². The monoisotopic (exact) mass is 423 g/mol. The number of fused-ring (bicyclic) bond motifs is 1. The van der Waals surface area contributed by atoms with Gasteiger partial charge < -0.3 is 14.5 Å². The summed E-state index contributed by atoms with van der Waals surface area (Å²) in [6, 6.07) is 5.91. The molecule has 2 fully saturated rings. The van der Waals surface area contributed by atoms with E-state index in [1.165, 1.54) is 0 Å². The molecule has 0 radical (unpaired) electrons. The van der Waals surface area contributed by atoms with Crippen molar-refractivity contribution in [2.45, 2.75) is 38.6 Å². The van der Waals surface area contributed by atoms with Crippen LogP contribution in [0.2, 0.25) is 0 Å². The van der Waals surface area contributed by atoms with Gasteiger partial charge in [0.15, 0.2) is 5.65 Å². The summed E-state index contributed by atoms with van der Waals surface area (Å²) < 4.78 is 13.2. The van der Waals surface area contributed by atoms with Crippen molar-refractivity contribution in [1.82, 2.24) is 25.0 Å². The molecular weight excluding hydrogens is 394 g/mol. The fraction of sp³-hybridized carbons (Fsp3) is 0.522. The zero-order chi connectivity index (χ0) is 21.5. The molecule has 164 valence electrons. The average Bonchev–Trinajstić information content (AvgIpc) is 3.48. The molecule has 1 aliphatic heterocycles. The van der Waals surface area contributed by atoms with Gasteiger partial charge in [0.2, 0.25) is 0 Å². The van der Waals surface area contributed by atoms with Crippen molar-refractivity contribution in [3.8, 4) is 0 Å². The third kappa shape index (κ3) is 3.97. The number of aromatic nitrogens is 3. The first-order chi connectivity index (χ1) is 15.0. The molecule has 1 amide bonds. The average molecular weight is 424 g/mol. The normalized spacial score (nSPS) is 18.4. The van der Waals surface area contributed by atoms with Gasteiger partial charge >= 0.3 is 0 Å². The summed E-state index contributed by atoms with van der Waals surface area (Å²) in [6.45, 7) is 7.34. The van der Waals surface area contributed by atoms with Crippen molar-refractivity contribution in [3.63, 3.8) is 0 Å². The summed E-state index contributed by atoms with van der Waals surface area (Å²) in [5.41, 5.74) is 3.25. The van der Waals surface area contributed by atoms with E-state index in [0.29, 0.717) is 31.2 Å². The maximum atomic E-state index is 13.4. The molecule has 3 aromatic rings. The predicted octanol–water partition coefficient (Wildman–Crippen LogP) is 2.86.